The van der Waals surface area contributed by atoms with Crippen LogP contribution in [0.1, 0.15) is 10.4 Å². The van der Waals surface area contributed by atoms with Gasteiger partial charge in [0.2, 0.25) is 5.91 Å². The molecule has 0 radical (unpaired) electrons. The minimum atomic E-state index is -1.36. The number of aliphatic hydroxyl groups excluding tert-OH is 1. The minimum absolute atomic E-state index is 0.00793. The molecule has 1 aromatic rings. The zero-order valence-electron chi connectivity index (χ0n) is 8.14. The lowest BCUT2D eigenvalue weighted by Crippen LogP contribution is -2.34. The van der Waals surface area contributed by atoms with Crippen molar-refractivity contribution in [2.45, 2.75) is 6.10 Å². The molecule has 0 aliphatic rings. The molecule has 9 heteroatoms. The van der Waals surface area contributed by atoms with Crippen molar-refractivity contribution in [2.24, 2.45) is 11.5 Å². The smallest absolute Gasteiger partial charge is 0.255 e. The van der Waals surface area contributed by atoms with Gasteiger partial charge in [0.15, 0.2) is 5.82 Å². The quantitative estimate of drug-likeness (QED) is 0.407. The zero-order chi connectivity index (χ0) is 12.3. The topological polar surface area (TPSA) is 157 Å². The van der Waals surface area contributed by atoms with E-state index in [0.717, 1.165) is 11.5 Å². The van der Waals surface area contributed by atoms with Crippen LogP contribution in [0, 0.1) is 0 Å². The van der Waals surface area contributed by atoms with Gasteiger partial charge in [-0.05, 0) is 11.5 Å². The number of hydrogen-bond donors (Lipinski definition) is 5. The lowest BCUT2D eigenvalue weighted by molar-refractivity contribution is -0.125. The fourth-order valence-electron chi connectivity index (χ4n) is 0.951. The van der Waals surface area contributed by atoms with Gasteiger partial charge in [-0.15, -0.1) is 0 Å². The number of aromatic nitrogens is 1. The normalized spacial score (nSPS) is 12.1. The largest absolute Gasteiger partial charge is 0.382 e. The zero-order valence-corrected chi connectivity index (χ0v) is 8.95. The van der Waals surface area contributed by atoms with Crippen LogP contribution in [0.4, 0.5) is 10.8 Å². The van der Waals surface area contributed by atoms with Gasteiger partial charge in [-0.1, -0.05) is 0 Å². The predicted molar refractivity (Wildman–Crippen MR) is 58.7 cm³/mol. The van der Waals surface area contributed by atoms with Gasteiger partial charge in [0.25, 0.3) is 5.91 Å². The monoisotopic (exact) mass is 245 g/mol. The average molecular weight is 245 g/mol. The first-order chi connectivity index (χ1) is 7.43. The number of nitrogens with zero attached hydrogens (tertiary/aromatic N) is 1. The van der Waals surface area contributed by atoms with Crippen LogP contribution in [0.5, 0.6) is 0 Å². The third-order valence-electron chi connectivity index (χ3n) is 1.75. The fraction of sp³-hybridized carbons (Fsp3) is 0.286. The Labute approximate surface area is 94.6 Å². The molecule has 0 fully saturated rings. The number of nitrogen functional groups attached to an aromatic ring is 1. The molecule has 2 amide bonds. The second-order valence-corrected chi connectivity index (χ2v) is 3.71. The van der Waals surface area contributed by atoms with E-state index in [0.29, 0.717) is 5.00 Å². The molecule has 1 unspecified atom stereocenters. The number of rotatable bonds is 5. The summed E-state index contributed by atoms with van der Waals surface area (Å²) in [6.07, 6.45) is -1.36. The van der Waals surface area contributed by atoms with Gasteiger partial charge in [-0.3, -0.25) is 9.59 Å². The third kappa shape index (κ3) is 2.58. The van der Waals surface area contributed by atoms with E-state index in [9.17, 15) is 9.59 Å². The maximum absolute atomic E-state index is 11.0. The maximum atomic E-state index is 11.0. The Morgan fingerprint density at radius 2 is 2.12 bits per heavy atom. The van der Waals surface area contributed by atoms with Gasteiger partial charge in [0.1, 0.15) is 16.7 Å². The molecule has 88 valence electrons. The minimum Gasteiger partial charge on any atom is -0.382 e. The van der Waals surface area contributed by atoms with Crippen molar-refractivity contribution in [3.05, 3.63) is 5.56 Å². The van der Waals surface area contributed by atoms with Crippen LogP contribution in [0.15, 0.2) is 0 Å². The first kappa shape index (κ1) is 12.2. The van der Waals surface area contributed by atoms with Crippen molar-refractivity contribution >= 4 is 34.2 Å². The second kappa shape index (κ2) is 4.77. The summed E-state index contributed by atoms with van der Waals surface area (Å²) in [4.78, 5) is 21.5. The molecule has 0 aromatic carbocycles. The Morgan fingerprint density at radius 3 is 2.62 bits per heavy atom. The number of aliphatic hydroxyl groups is 1. The van der Waals surface area contributed by atoms with Crippen molar-refractivity contribution in [3.63, 3.8) is 0 Å². The van der Waals surface area contributed by atoms with Gasteiger partial charge < -0.3 is 27.6 Å². The van der Waals surface area contributed by atoms with Crippen LogP contribution < -0.4 is 22.5 Å². The first-order valence-corrected chi connectivity index (χ1v) is 4.97. The molecule has 0 aliphatic carbocycles. The predicted octanol–water partition coefficient (Wildman–Crippen LogP) is -1.92. The van der Waals surface area contributed by atoms with Crippen molar-refractivity contribution in [1.29, 1.82) is 0 Å². The number of primary amides is 2. The molecular weight excluding hydrogens is 234 g/mol. The molecule has 0 saturated heterocycles. The molecule has 0 saturated carbocycles. The highest BCUT2D eigenvalue weighted by Gasteiger charge is 2.18. The number of nitrogens with one attached hydrogen (secondary N) is 1. The Kier molecular flexibility index (Phi) is 3.64. The molecule has 0 bridgehead atoms. The number of anilines is 2. The summed E-state index contributed by atoms with van der Waals surface area (Å²) in [5.74, 6) is -1.60. The Bertz CT molecular complexity index is 418. The van der Waals surface area contributed by atoms with Crippen molar-refractivity contribution in [3.8, 4) is 0 Å². The van der Waals surface area contributed by atoms with Crippen molar-refractivity contribution < 1.29 is 14.7 Å². The fourth-order valence-corrected chi connectivity index (χ4v) is 1.68. The molecule has 0 aliphatic heterocycles. The molecule has 1 atom stereocenters. The van der Waals surface area contributed by atoms with Gasteiger partial charge >= 0.3 is 0 Å². The summed E-state index contributed by atoms with van der Waals surface area (Å²) in [5, 5.41) is 12.0. The van der Waals surface area contributed by atoms with Crippen LogP contribution >= 0.6 is 11.5 Å². The number of nitrogens with two attached hydrogens (primary N) is 3. The highest BCUT2D eigenvalue weighted by atomic mass is 32.1. The summed E-state index contributed by atoms with van der Waals surface area (Å²) < 4.78 is 3.72. The summed E-state index contributed by atoms with van der Waals surface area (Å²) in [6.45, 7) is -0.142. The Morgan fingerprint density at radius 1 is 1.50 bits per heavy atom. The molecule has 1 aromatic heterocycles. The van der Waals surface area contributed by atoms with E-state index in [2.05, 4.69) is 9.69 Å². The molecule has 8 N–H and O–H groups in total. The first-order valence-electron chi connectivity index (χ1n) is 4.19. The average Bonchev–Trinajstić information content (AvgIpc) is 2.55. The molecule has 16 heavy (non-hydrogen) atoms. The molecule has 0 spiro atoms. The highest BCUT2D eigenvalue weighted by Crippen LogP contribution is 2.25. The van der Waals surface area contributed by atoms with E-state index in [-0.39, 0.29) is 17.9 Å². The van der Waals surface area contributed by atoms with Crippen LogP contribution in [0.2, 0.25) is 0 Å². The summed E-state index contributed by atoms with van der Waals surface area (Å²) in [7, 11) is 0. The Balaban J connectivity index is 2.75. The lowest BCUT2D eigenvalue weighted by Gasteiger charge is -2.08. The standard InChI is InChI=1S/C7H11N5O3S/c8-4-3(6(10)15)7(16-12-4)11-1-2(13)5(9)14/h2,11,13H,1H2,(H2,8,12)(H2,9,14)(H2,10,15). The van der Waals surface area contributed by atoms with Crippen LogP contribution in [0.3, 0.4) is 0 Å². The van der Waals surface area contributed by atoms with E-state index in [4.69, 9.17) is 22.3 Å². The molecule has 1 rings (SSSR count). The van der Waals surface area contributed by atoms with Crippen molar-refractivity contribution in [2.75, 3.05) is 17.6 Å². The maximum Gasteiger partial charge on any atom is 0.255 e. The van der Waals surface area contributed by atoms with Gasteiger partial charge in [0, 0.05) is 0 Å². The second-order valence-electron chi connectivity index (χ2n) is 2.94. The molecular formula is C7H11N5O3S. The summed E-state index contributed by atoms with van der Waals surface area (Å²) in [5.41, 5.74) is 15.4. The number of amides is 2. The lowest BCUT2D eigenvalue weighted by atomic mass is 10.3. The van der Waals surface area contributed by atoms with E-state index in [1.807, 2.05) is 0 Å². The van der Waals surface area contributed by atoms with Crippen LogP contribution in [-0.2, 0) is 4.79 Å². The van der Waals surface area contributed by atoms with E-state index in [1.165, 1.54) is 0 Å². The molecule has 8 nitrogen and oxygen atoms in total. The van der Waals surface area contributed by atoms with E-state index >= 15 is 0 Å². The summed E-state index contributed by atoms with van der Waals surface area (Å²) in [6, 6.07) is 0. The number of hydrogen-bond acceptors (Lipinski definition) is 7. The van der Waals surface area contributed by atoms with Crippen molar-refractivity contribution in [1.82, 2.24) is 4.37 Å². The highest BCUT2D eigenvalue weighted by molar-refractivity contribution is 7.11. The Hall–Kier alpha value is -1.87. The van der Waals surface area contributed by atoms with Gasteiger partial charge in [0.05, 0.1) is 6.54 Å². The number of carbonyl (C=O) groups is 2. The van der Waals surface area contributed by atoms with E-state index in [1.54, 1.807) is 0 Å². The van der Waals surface area contributed by atoms with E-state index < -0.39 is 17.9 Å². The van der Waals surface area contributed by atoms with Crippen LogP contribution in [-0.4, -0.2) is 33.9 Å². The summed E-state index contributed by atoms with van der Waals surface area (Å²) >= 11 is 0.908. The van der Waals surface area contributed by atoms with Gasteiger partial charge in [-0.25, -0.2) is 0 Å². The molecule has 1 heterocycles. The number of carbonyl (C=O) groups excluding carboxylic acids is 2. The third-order valence-corrected chi connectivity index (χ3v) is 2.57. The van der Waals surface area contributed by atoms with Gasteiger partial charge in [-0.2, -0.15) is 4.37 Å². The van der Waals surface area contributed by atoms with Crippen LogP contribution in [0.25, 0.3) is 0 Å². The SMILES string of the molecule is NC(=O)c1c(N)nsc1NCC(O)C(N)=O.